The number of hydrogen-bond donors (Lipinski definition) is 1. The van der Waals surface area contributed by atoms with Gasteiger partial charge in [0.15, 0.2) is 6.73 Å². The fraction of sp³-hybridized carbons (Fsp3) is 0.350. The van der Waals surface area contributed by atoms with Crippen LogP contribution in [0.1, 0.15) is 35.7 Å². The van der Waals surface area contributed by atoms with Gasteiger partial charge >= 0.3 is 0 Å². The molecule has 1 aromatic heterocycles. The number of nitrogens with zero attached hydrogens (tertiary/aromatic N) is 2. The summed E-state index contributed by atoms with van der Waals surface area (Å²) >= 11 is 0. The number of hydrogen-bond acceptors (Lipinski definition) is 5. The van der Waals surface area contributed by atoms with Crippen molar-refractivity contribution in [1.29, 1.82) is 0 Å². The summed E-state index contributed by atoms with van der Waals surface area (Å²) in [5, 5.41) is 2.73. The summed E-state index contributed by atoms with van der Waals surface area (Å²) in [6.07, 6.45) is 5.60. The number of carbonyl (C=O) groups is 2. The number of aromatic nitrogens is 1. The van der Waals surface area contributed by atoms with Crippen LogP contribution in [0.4, 0.5) is 5.69 Å². The van der Waals surface area contributed by atoms with Gasteiger partial charge in [0.2, 0.25) is 0 Å². The van der Waals surface area contributed by atoms with E-state index in [1.807, 2.05) is 38.2 Å². The lowest BCUT2D eigenvalue weighted by Crippen LogP contribution is -2.31. The first-order valence-electron chi connectivity index (χ1n) is 8.65. The molecule has 1 atom stereocenters. The molecule has 1 aromatic carbocycles. The maximum Gasteiger partial charge on any atom is 0.254 e. The van der Waals surface area contributed by atoms with Gasteiger partial charge in [0, 0.05) is 43.2 Å². The SMILES string of the molecule is CCC(CC=O)N(C)c1ccc(OCNC(=O)c2ccncc2C)cc1. The zero-order valence-electron chi connectivity index (χ0n) is 15.4. The van der Waals surface area contributed by atoms with Crippen molar-refractivity contribution in [2.45, 2.75) is 32.7 Å². The maximum atomic E-state index is 12.1. The molecule has 0 spiro atoms. The molecule has 0 fully saturated rings. The van der Waals surface area contributed by atoms with Crippen molar-refractivity contribution in [2.75, 3.05) is 18.7 Å². The first kappa shape index (κ1) is 19.4. The van der Waals surface area contributed by atoms with Crippen LogP contribution in [-0.2, 0) is 4.79 Å². The first-order chi connectivity index (χ1) is 12.6. The molecule has 0 aliphatic rings. The van der Waals surface area contributed by atoms with E-state index in [4.69, 9.17) is 4.74 Å². The van der Waals surface area contributed by atoms with Gasteiger partial charge in [-0.1, -0.05) is 6.92 Å². The van der Waals surface area contributed by atoms with E-state index in [9.17, 15) is 9.59 Å². The van der Waals surface area contributed by atoms with Crippen LogP contribution in [0.2, 0.25) is 0 Å². The lowest BCUT2D eigenvalue weighted by molar-refractivity contribution is -0.108. The fourth-order valence-corrected chi connectivity index (χ4v) is 2.71. The lowest BCUT2D eigenvalue weighted by atomic mass is 10.1. The topological polar surface area (TPSA) is 71.5 Å². The predicted molar refractivity (Wildman–Crippen MR) is 102 cm³/mol. The average molecular weight is 355 g/mol. The Kier molecular flexibility index (Phi) is 7.14. The molecule has 0 saturated heterocycles. The second-order valence-corrected chi connectivity index (χ2v) is 6.05. The number of amides is 1. The van der Waals surface area contributed by atoms with Crippen LogP contribution in [-0.4, -0.2) is 37.0 Å². The maximum absolute atomic E-state index is 12.1. The largest absolute Gasteiger partial charge is 0.473 e. The molecule has 1 amide bonds. The highest BCUT2D eigenvalue weighted by atomic mass is 16.5. The minimum Gasteiger partial charge on any atom is -0.473 e. The molecule has 0 radical (unpaired) electrons. The van der Waals surface area contributed by atoms with Gasteiger partial charge in [-0.3, -0.25) is 9.78 Å². The van der Waals surface area contributed by atoms with Crippen LogP contribution >= 0.6 is 0 Å². The zero-order valence-corrected chi connectivity index (χ0v) is 15.4. The molecule has 0 saturated carbocycles. The van der Waals surface area contributed by atoms with E-state index in [0.29, 0.717) is 17.7 Å². The van der Waals surface area contributed by atoms with E-state index >= 15 is 0 Å². The summed E-state index contributed by atoms with van der Waals surface area (Å²) in [5.41, 5.74) is 2.42. The van der Waals surface area contributed by atoms with Gasteiger partial charge in [0.1, 0.15) is 12.0 Å². The number of benzene rings is 1. The Balaban J connectivity index is 1.88. The minimum absolute atomic E-state index is 0.0819. The quantitative estimate of drug-likeness (QED) is 0.553. The van der Waals surface area contributed by atoms with E-state index in [-0.39, 0.29) is 18.7 Å². The van der Waals surface area contributed by atoms with E-state index < -0.39 is 0 Å². The van der Waals surface area contributed by atoms with Crippen molar-refractivity contribution in [3.8, 4) is 5.75 Å². The van der Waals surface area contributed by atoms with Crippen molar-refractivity contribution in [3.63, 3.8) is 0 Å². The molecule has 1 N–H and O–H groups in total. The summed E-state index contributed by atoms with van der Waals surface area (Å²) in [6, 6.07) is 9.45. The standard InChI is InChI=1S/C20H25N3O3/c1-4-16(10-12-24)23(3)17-5-7-18(8-6-17)26-14-22-20(25)19-9-11-21-13-15(19)2/h5-9,11-13,16H,4,10,14H2,1-3H3,(H,22,25). The number of pyridine rings is 1. The van der Waals surface area contributed by atoms with E-state index in [1.165, 1.54) is 0 Å². The van der Waals surface area contributed by atoms with E-state index in [2.05, 4.69) is 22.1 Å². The molecule has 2 rings (SSSR count). The smallest absolute Gasteiger partial charge is 0.254 e. The molecular weight excluding hydrogens is 330 g/mol. The normalized spacial score (nSPS) is 11.5. The molecule has 138 valence electrons. The number of aryl methyl sites for hydroxylation is 1. The Morgan fingerprint density at radius 3 is 2.65 bits per heavy atom. The number of rotatable bonds is 9. The Morgan fingerprint density at radius 1 is 1.31 bits per heavy atom. The van der Waals surface area contributed by atoms with Gasteiger partial charge in [-0.2, -0.15) is 0 Å². The van der Waals surface area contributed by atoms with Crippen molar-refractivity contribution >= 4 is 17.9 Å². The molecular formula is C20H25N3O3. The van der Waals surface area contributed by atoms with Crippen LogP contribution < -0.4 is 15.0 Å². The van der Waals surface area contributed by atoms with E-state index in [0.717, 1.165) is 24.0 Å². The summed E-state index contributed by atoms with van der Waals surface area (Å²) < 4.78 is 5.58. The van der Waals surface area contributed by atoms with Crippen LogP contribution in [0, 0.1) is 6.92 Å². The summed E-state index contributed by atoms with van der Waals surface area (Å²) in [4.78, 5) is 29.0. The monoisotopic (exact) mass is 355 g/mol. The zero-order chi connectivity index (χ0) is 18.9. The molecule has 0 aliphatic heterocycles. The predicted octanol–water partition coefficient (Wildman–Crippen LogP) is 2.96. The van der Waals surface area contributed by atoms with Gasteiger partial charge in [-0.05, 0) is 49.2 Å². The Morgan fingerprint density at radius 2 is 2.04 bits per heavy atom. The van der Waals surface area contributed by atoms with Gasteiger partial charge in [-0.25, -0.2) is 0 Å². The molecule has 26 heavy (non-hydrogen) atoms. The Hall–Kier alpha value is -2.89. The second-order valence-electron chi connectivity index (χ2n) is 6.05. The van der Waals surface area contributed by atoms with Crippen LogP contribution in [0.5, 0.6) is 5.75 Å². The third-order valence-corrected chi connectivity index (χ3v) is 4.37. The Labute approximate surface area is 154 Å². The lowest BCUT2D eigenvalue weighted by Gasteiger charge is -2.28. The highest BCUT2D eigenvalue weighted by Gasteiger charge is 2.13. The number of nitrogens with one attached hydrogen (secondary N) is 1. The summed E-state index contributed by atoms with van der Waals surface area (Å²) in [5.74, 6) is 0.471. The van der Waals surface area contributed by atoms with Crippen LogP contribution in [0.3, 0.4) is 0 Å². The molecule has 6 nitrogen and oxygen atoms in total. The average Bonchev–Trinajstić information content (AvgIpc) is 2.66. The molecule has 6 heteroatoms. The fourth-order valence-electron chi connectivity index (χ4n) is 2.71. The third kappa shape index (κ3) is 5.05. The van der Waals surface area contributed by atoms with Crippen LogP contribution in [0.25, 0.3) is 0 Å². The van der Waals surface area contributed by atoms with Crippen molar-refractivity contribution in [1.82, 2.24) is 10.3 Å². The van der Waals surface area contributed by atoms with Crippen molar-refractivity contribution < 1.29 is 14.3 Å². The Bertz CT molecular complexity index is 731. The highest BCUT2D eigenvalue weighted by Crippen LogP contribution is 2.21. The number of ether oxygens (including phenoxy) is 1. The first-order valence-corrected chi connectivity index (χ1v) is 8.65. The number of anilines is 1. The highest BCUT2D eigenvalue weighted by molar-refractivity contribution is 5.95. The number of carbonyl (C=O) groups excluding carboxylic acids is 2. The molecule has 1 heterocycles. The van der Waals surface area contributed by atoms with Crippen molar-refractivity contribution in [3.05, 3.63) is 53.9 Å². The molecule has 0 aliphatic carbocycles. The van der Waals surface area contributed by atoms with Crippen LogP contribution in [0.15, 0.2) is 42.7 Å². The third-order valence-electron chi connectivity index (χ3n) is 4.37. The molecule has 2 aromatic rings. The molecule has 0 bridgehead atoms. The molecule has 1 unspecified atom stereocenters. The van der Waals surface area contributed by atoms with Gasteiger partial charge < -0.3 is 19.7 Å². The summed E-state index contributed by atoms with van der Waals surface area (Å²) in [7, 11) is 1.98. The van der Waals surface area contributed by atoms with E-state index in [1.54, 1.807) is 18.5 Å². The second kappa shape index (κ2) is 9.56. The number of aldehydes is 1. The minimum atomic E-state index is -0.194. The van der Waals surface area contributed by atoms with Gasteiger partial charge in [-0.15, -0.1) is 0 Å². The van der Waals surface area contributed by atoms with Gasteiger partial charge in [0.25, 0.3) is 5.91 Å². The summed E-state index contributed by atoms with van der Waals surface area (Å²) in [6.45, 7) is 3.99. The van der Waals surface area contributed by atoms with Gasteiger partial charge in [0.05, 0.1) is 0 Å². The van der Waals surface area contributed by atoms with Crippen molar-refractivity contribution in [2.24, 2.45) is 0 Å².